The van der Waals surface area contributed by atoms with Crippen LogP contribution in [0.3, 0.4) is 0 Å². The van der Waals surface area contributed by atoms with Crippen LogP contribution in [0.15, 0.2) is 79.0 Å². The number of hydrogen-bond acceptors (Lipinski definition) is 3. The fourth-order valence-electron chi connectivity index (χ4n) is 4.48. The summed E-state index contributed by atoms with van der Waals surface area (Å²) >= 11 is 0. The van der Waals surface area contributed by atoms with Gasteiger partial charge in [0.25, 0.3) is 0 Å². The van der Waals surface area contributed by atoms with Gasteiger partial charge < -0.3 is 14.2 Å². The first-order valence-electron chi connectivity index (χ1n) is 13.0. The second-order valence-corrected chi connectivity index (χ2v) is 9.84. The first-order chi connectivity index (χ1) is 18.4. The van der Waals surface area contributed by atoms with E-state index in [1.807, 2.05) is 34.9 Å². The Labute approximate surface area is 224 Å². The molecule has 194 valence electrons. The zero-order valence-corrected chi connectivity index (χ0v) is 21.9. The van der Waals surface area contributed by atoms with Crippen LogP contribution in [-0.4, -0.2) is 27.9 Å². The highest BCUT2D eigenvalue weighted by Crippen LogP contribution is 2.23. The van der Waals surface area contributed by atoms with Crippen molar-refractivity contribution in [2.75, 3.05) is 6.61 Å². The van der Waals surface area contributed by atoms with Gasteiger partial charge in [0.15, 0.2) is 5.78 Å². The quantitative estimate of drug-likeness (QED) is 0.188. The lowest BCUT2D eigenvalue weighted by molar-refractivity contribution is -0.137. The highest BCUT2D eigenvalue weighted by atomic mass is 16.5. The fourth-order valence-corrected chi connectivity index (χ4v) is 4.48. The minimum absolute atomic E-state index is 0.0797. The molecule has 2 aromatic carbocycles. The smallest absolute Gasteiger partial charge is 0.303 e. The Morgan fingerprint density at radius 3 is 2.39 bits per heavy atom. The standard InChI is InChI=1S/C33H33NO4/c1-24(2)22-26-14-12-25(13-15-26)8-4-6-21-38-29-18-16-27(17-19-29)33(37)30-23-28(9-7-11-32(35)36)34-20-5-3-10-31(30)34/h3,5,10,12-20,23-24H,7-9,11,21-22H2,1-2H3,(H,35,36). The number of aryl methyl sites for hydroxylation is 1. The molecule has 0 saturated heterocycles. The van der Waals surface area contributed by atoms with Gasteiger partial charge in [0, 0.05) is 35.9 Å². The molecule has 2 aromatic heterocycles. The van der Waals surface area contributed by atoms with Crippen molar-refractivity contribution in [3.8, 4) is 17.6 Å². The maximum Gasteiger partial charge on any atom is 0.303 e. The van der Waals surface area contributed by atoms with Crippen LogP contribution in [-0.2, 0) is 24.1 Å². The molecular formula is C33H33NO4. The molecule has 0 aliphatic rings. The zero-order valence-electron chi connectivity index (χ0n) is 21.9. The van der Waals surface area contributed by atoms with Crippen LogP contribution in [0, 0.1) is 17.8 Å². The maximum absolute atomic E-state index is 13.3. The SMILES string of the molecule is CC(C)Cc1ccc(CC#CCOc2ccc(C(=O)c3cc(CCCC(=O)O)n4ccccc34)cc2)cc1. The van der Waals surface area contributed by atoms with Crippen LogP contribution in [0.25, 0.3) is 5.52 Å². The van der Waals surface area contributed by atoms with Crippen molar-refractivity contribution in [2.24, 2.45) is 5.92 Å². The average molecular weight is 508 g/mol. The number of benzene rings is 2. The van der Waals surface area contributed by atoms with Crippen LogP contribution in [0.2, 0.25) is 0 Å². The lowest BCUT2D eigenvalue weighted by Gasteiger charge is -2.05. The summed E-state index contributed by atoms with van der Waals surface area (Å²) in [4.78, 5) is 24.2. The zero-order chi connectivity index (χ0) is 26.9. The lowest BCUT2D eigenvalue weighted by atomic mass is 10.0. The second kappa shape index (κ2) is 12.8. The van der Waals surface area contributed by atoms with E-state index >= 15 is 0 Å². The number of carboxylic acids is 1. The molecular weight excluding hydrogens is 474 g/mol. The minimum Gasteiger partial charge on any atom is -0.481 e. The molecule has 38 heavy (non-hydrogen) atoms. The van der Waals surface area contributed by atoms with Crippen LogP contribution in [0.5, 0.6) is 5.75 Å². The highest BCUT2D eigenvalue weighted by molar-refractivity contribution is 6.13. The molecule has 0 fully saturated rings. The number of carbonyl (C=O) groups is 2. The van der Waals surface area contributed by atoms with E-state index in [0.29, 0.717) is 42.1 Å². The molecule has 5 nitrogen and oxygen atoms in total. The Morgan fingerprint density at radius 1 is 0.947 bits per heavy atom. The van der Waals surface area contributed by atoms with Crippen molar-refractivity contribution in [1.82, 2.24) is 4.40 Å². The Kier molecular flexibility index (Phi) is 9.00. The van der Waals surface area contributed by atoms with Crippen LogP contribution in [0.4, 0.5) is 0 Å². The van der Waals surface area contributed by atoms with Gasteiger partial charge in [-0.15, -0.1) is 0 Å². The van der Waals surface area contributed by atoms with Crippen LogP contribution >= 0.6 is 0 Å². The van der Waals surface area contributed by atoms with Crippen molar-refractivity contribution in [3.63, 3.8) is 0 Å². The predicted molar refractivity (Wildman–Crippen MR) is 150 cm³/mol. The van der Waals surface area contributed by atoms with E-state index in [1.54, 1.807) is 24.3 Å². The van der Waals surface area contributed by atoms with Gasteiger partial charge in [0.1, 0.15) is 12.4 Å². The number of nitrogens with zero attached hydrogens (tertiary/aromatic N) is 1. The van der Waals surface area contributed by atoms with Crippen LogP contribution < -0.4 is 4.74 Å². The summed E-state index contributed by atoms with van der Waals surface area (Å²) in [7, 11) is 0. The summed E-state index contributed by atoms with van der Waals surface area (Å²) in [6.45, 7) is 4.72. The molecule has 0 aliphatic carbocycles. The molecule has 4 aromatic rings. The molecule has 0 bridgehead atoms. The van der Waals surface area contributed by atoms with Gasteiger partial charge in [-0.1, -0.05) is 56.0 Å². The average Bonchev–Trinajstić information content (AvgIpc) is 3.27. The number of ketones is 1. The number of aromatic nitrogens is 1. The molecule has 0 radical (unpaired) electrons. The molecule has 1 N–H and O–H groups in total. The van der Waals surface area contributed by atoms with Gasteiger partial charge in [-0.05, 0) is 78.8 Å². The normalized spacial score (nSPS) is 10.8. The summed E-state index contributed by atoms with van der Waals surface area (Å²) in [5, 5.41) is 8.95. The Hall–Kier alpha value is -4.30. The lowest BCUT2D eigenvalue weighted by Crippen LogP contribution is -2.01. The van der Waals surface area contributed by atoms with Crippen molar-refractivity contribution >= 4 is 17.3 Å². The predicted octanol–water partition coefficient (Wildman–Crippen LogP) is 6.40. The molecule has 0 unspecified atom stereocenters. The van der Waals surface area contributed by atoms with Crippen molar-refractivity contribution in [3.05, 3.63) is 107 Å². The second-order valence-electron chi connectivity index (χ2n) is 9.84. The van der Waals surface area contributed by atoms with Gasteiger partial charge >= 0.3 is 5.97 Å². The van der Waals surface area contributed by atoms with E-state index in [0.717, 1.165) is 17.6 Å². The maximum atomic E-state index is 13.3. The summed E-state index contributed by atoms with van der Waals surface area (Å²) in [6.07, 6.45) is 4.87. The number of fused-ring (bicyclic) bond motifs is 1. The number of aliphatic carboxylic acids is 1. The van der Waals surface area contributed by atoms with E-state index in [9.17, 15) is 9.59 Å². The first-order valence-corrected chi connectivity index (χ1v) is 13.0. The Balaban J connectivity index is 1.34. The van der Waals surface area contributed by atoms with Gasteiger partial charge in [0.2, 0.25) is 0 Å². The highest BCUT2D eigenvalue weighted by Gasteiger charge is 2.17. The van der Waals surface area contributed by atoms with Gasteiger partial charge in [-0.25, -0.2) is 0 Å². The van der Waals surface area contributed by atoms with Crippen LogP contribution in [0.1, 0.15) is 59.4 Å². The molecule has 0 amide bonds. The molecule has 5 heteroatoms. The molecule has 0 spiro atoms. The number of ether oxygens (including phenoxy) is 1. The molecule has 0 atom stereocenters. The Bertz CT molecular complexity index is 1450. The fraction of sp³-hybridized carbons (Fsp3) is 0.273. The largest absolute Gasteiger partial charge is 0.481 e. The van der Waals surface area contributed by atoms with Gasteiger partial charge in [0.05, 0.1) is 5.52 Å². The van der Waals surface area contributed by atoms with Gasteiger partial charge in [-0.3, -0.25) is 9.59 Å². The van der Waals surface area contributed by atoms with Gasteiger partial charge in [-0.2, -0.15) is 0 Å². The Morgan fingerprint density at radius 2 is 1.68 bits per heavy atom. The van der Waals surface area contributed by atoms with E-state index in [-0.39, 0.29) is 18.8 Å². The van der Waals surface area contributed by atoms with E-state index in [4.69, 9.17) is 9.84 Å². The topological polar surface area (TPSA) is 68.0 Å². The van der Waals surface area contributed by atoms with E-state index in [1.165, 1.54) is 11.1 Å². The molecule has 4 rings (SSSR count). The molecule has 2 heterocycles. The first kappa shape index (κ1) is 26.8. The van der Waals surface area contributed by atoms with E-state index < -0.39 is 5.97 Å². The minimum atomic E-state index is -0.817. The summed E-state index contributed by atoms with van der Waals surface area (Å²) in [6, 6.07) is 23.3. The third kappa shape index (κ3) is 7.14. The van der Waals surface area contributed by atoms with E-state index in [2.05, 4.69) is 50.0 Å². The van der Waals surface area contributed by atoms with Crippen molar-refractivity contribution < 1.29 is 19.4 Å². The summed E-state index contributed by atoms with van der Waals surface area (Å²) in [5.41, 5.74) is 5.45. The number of carbonyl (C=O) groups excluding carboxylic acids is 1. The third-order valence-corrected chi connectivity index (χ3v) is 6.34. The summed E-state index contributed by atoms with van der Waals surface area (Å²) < 4.78 is 7.71. The van der Waals surface area contributed by atoms with Crippen molar-refractivity contribution in [2.45, 2.75) is 46.0 Å². The number of hydrogen-bond donors (Lipinski definition) is 1. The number of carboxylic acid groups (broad SMARTS) is 1. The molecule has 0 aliphatic heterocycles. The third-order valence-electron chi connectivity index (χ3n) is 6.34. The summed E-state index contributed by atoms with van der Waals surface area (Å²) in [5.74, 6) is 6.63. The number of rotatable bonds is 11. The molecule has 0 saturated carbocycles. The number of pyridine rings is 1. The van der Waals surface area contributed by atoms with Crippen molar-refractivity contribution in [1.29, 1.82) is 0 Å². The monoisotopic (exact) mass is 507 g/mol.